The van der Waals surface area contributed by atoms with E-state index in [0.717, 1.165) is 12.8 Å². The number of nitrogens with zero attached hydrogens (tertiary/aromatic N) is 3. The molecule has 3 fully saturated rings. The van der Waals surface area contributed by atoms with Crippen LogP contribution in [-0.2, 0) is 14.3 Å². The number of carbonyl (C=O) groups excluding carboxylic acids is 3. The fourth-order valence-electron chi connectivity index (χ4n) is 3.69. The maximum Gasteiger partial charge on any atom is 0.414 e. The highest BCUT2D eigenvalue weighted by molar-refractivity contribution is 5.93. The van der Waals surface area contributed by atoms with Crippen molar-refractivity contribution in [1.82, 2.24) is 9.80 Å². The number of anilines is 2. The van der Waals surface area contributed by atoms with Crippen LogP contribution >= 0.6 is 0 Å². The van der Waals surface area contributed by atoms with E-state index in [1.165, 1.54) is 4.90 Å². The zero-order chi connectivity index (χ0) is 19.5. The largest absolute Gasteiger partial charge is 0.447 e. The van der Waals surface area contributed by atoms with Crippen LogP contribution in [0.15, 0.2) is 24.3 Å². The zero-order valence-electron chi connectivity index (χ0n) is 15.6. The summed E-state index contributed by atoms with van der Waals surface area (Å²) < 4.78 is 10.4. The summed E-state index contributed by atoms with van der Waals surface area (Å²) in [6.07, 6.45) is 1.00. The van der Waals surface area contributed by atoms with Gasteiger partial charge in [-0.25, -0.2) is 9.59 Å². The Kier molecular flexibility index (Phi) is 5.34. The molecule has 1 unspecified atom stereocenters. The first kappa shape index (κ1) is 18.5. The van der Waals surface area contributed by atoms with Gasteiger partial charge in [0.15, 0.2) is 0 Å². The van der Waals surface area contributed by atoms with Crippen LogP contribution in [0.2, 0.25) is 0 Å². The van der Waals surface area contributed by atoms with Crippen LogP contribution in [0.3, 0.4) is 0 Å². The van der Waals surface area contributed by atoms with E-state index < -0.39 is 0 Å². The SMILES string of the molecule is O=C(Nc1cccc(N2CCOC2=O)c1)N1CCN(C(=O)C2CCCO2)CC1. The fraction of sp³-hybridized carbons (Fsp3) is 0.526. The van der Waals surface area contributed by atoms with Crippen LogP contribution < -0.4 is 10.2 Å². The normalized spacial score (nSPS) is 22.4. The maximum atomic E-state index is 12.6. The summed E-state index contributed by atoms with van der Waals surface area (Å²) in [5, 5.41) is 2.87. The van der Waals surface area contributed by atoms with E-state index in [1.54, 1.807) is 34.1 Å². The average molecular weight is 388 g/mol. The minimum Gasteiger partial charge on any atom is -0.447 e. The van der Waals surface area contributed by atoms with Crippen molar-refractivity contribution >= 4 is 29.4 Å². The lowest BCUT2D eigenvalue weighted by atomic mass is 10.2. The standard InChI is InChI=1S/C19H24N4O5/c24-17(16-5-2-11-27-16)21-6-8-22(9-7-21)18(25)20-14-3-1-4-15(13-14)23-10-12-28-19(23)26/h1,3-4,13,16H,2,5-12H2,(H,20,25). The molecule has 1 aromatic rings. The summed E-state index contributed by atoms with van der Waals surface area (Å²) in [5.41, 5.74) is 1.30. The predicted molar refractivity (Wildman–Crippen MR) is 101 cm³/mol. The Hall–Kier alpha value is -2.81. The second-order valence-corrected chi connectivity index (χ2v) is 7.06. The van der Waals surface area contributed by atoms with Crippen molar-refractivity contribution in [2.24, 2.45) is 0 Å². The Balaban J connectivity index is 1.31. The first-order chi connectivity index (χ1) is 13.6. The highest BCUT2D eigenvalue weighted by atomic mass is 16.6. The van der Waals surface area contributed by atoms with Gasteiger partial charge in [-0.1, -0.05) is 6.07 Å². The molecule has 1 atom stereocenters. The lowest BCUT2D eigenvalue weighted by molar-refractivity contribution is -0.142. The summed E-state index contributed by atoms with van der Waals surface area (Å²) in [4.78, 5) is 41.7. The second kappa shape index (κ2) is 8.05. The molecule has 3 aliphatic heterocycles. The molecule has 4 rings (SSSR count). The van der Waals surface area contributed by atoms with Crippen molar-refractivity contribution in [3.8, 4) is 0 Å². The van der Waals surface area contributed by atoms with E-state index in [0.29, 0.717) is 57.3 Å². The monoisotopic (exact) mass is 388 g/mol. The van der Waals surface area contributed by atoms with Gasteiger partial charge in [-0.05, 0) is 31.0 Å². The Labute approximate surface area is 163 Å². The third kappa shape index (κ3) is 3.89. The van der Waals surface area contributed by atoms with Crippen molar-refractivity contribution in [2.45, 2.75) is 18.9 Å². The van der Waals surface area contributed by atoms with Crippen LogP contribution in [0, 0.1) is 0 Å². The predicted octanol–water partition coefficient (Wildman–Crippen LogP) is 1.50. The number of hydrogen-bond donors (Lipinski definition) is 1. The lowest BCUT2D eigenvalue weighted by Gasteiger charge is -2.35. The van der Waals surface area contributed by atoms with Gasteiger partial charge in [-0.3, -0.25) is 9.69 Å². The topological polar surface area (TPSA) is 91.4 Å². The minimum absolute atomic E-state index is 0.0303. The molecular formula is C19H24N4O5. The zero-order valence-corrected chi connectivity index (χ0v) is 15.6. The fourth-order valence-corrected chi connectivity index (χ4v) is 3.69. The van der Waals surface area contributed by atoms with Crippen LogP contribution in [0.1, 0.15) is 12.8 Å². The molecule has 28 heavy (non-hydrogen) atoms. The van der Waals surface area contributed by atoms with Gasteiger partial charge in [0.05, 0.1) is 6.54 Å². The van der Waals surface area contributed by atoms with Crippen LogP contribution in [0.25, 0.3) is 0 Å². The summed E-state index contributed by atoms with van der Waals surface area (Å²) in [5.74, 6) is 0.0303. The van der Waals surface area contributed by atoms with Gasteiger partial charge in [-0.15, -0.1) is 0 Å². The Bertz CT molecular complexity index is 756. The summed E-state index contributed by atoms with van der Waals surface area (Å²) in [6.45, 7) is 3.47. The molecule has 3 aliphatic rings. The first-order valence-electron chi connectivity index (χ1n) is 9.62. The van der Waals surface area contributed by atoms with Gasteiger partial charge in [0.25, 0.3) is 5.91 Å². The Morgan fingerprint density at radius 1 is 1.04 bits per heavy atom. The smallest absolute Gasteiger partial charge is 0.414 e. The molecule has 0 spiro atoms. The molecular weight excluding hydrogens is 364 g/mol. The number of amides is 4. The van der Waals surface area contributed by atoms with E-state index >= 15 is 0 Å². The number of hydrogen-bond acceptors (Lipinski definition) is 5. The maximum absolute atomic E-state index is 12.6. The van der Waals surface area contributed by atoms with Crippen molar-refractivity contribution in [3.05, 3.63) is 24.3 Å². The highest BCUT2D eigenvalue weighted by Crippen LogP contribution is 2.23. The number of nitrogens with one attached hydrogen (secondary N) is 1. The molecule has 0 saturated carbocycles. The van der Waals surface area contributed by atoms with Crippen LogP contribution in [0.5, 0.6) is 0 Å². The van der Waals surface area contributed by atoms with Crippen molar-refractivity contribution in [2.75, 3.05) is 56.2 Å². The molecule has 0 aromatic heterocycles. The molecule has 9 nitrogen and oxygen atoms in total. The number of benzene rings is 1. The minimum atomic E-state index is -0.379. The molecule has 9 heteroatoms. The molecule has 150 valence electrons. The summed E-state index contributed by atoms with van der Waals surface area (Å²) >= 11 is 0. The molecule has 1 aromatic carbocycles. The van der Waals surface area contributed by atoms with Gasteiger partial charge in [0.1, 0.15) is 12.7 Å². The van der Waals surface area contributed by atoms with Gasteiger partial charge in [0, 0.05) is 44.2 Å². The molecule has 3 heterocycles. The quantitative estimate of drug-likeness (QED) is 0.847. The summed E-state index contributed by atoms with van der Waals surface area (Å²) in [6, 6.07) is 6.90. The van der Waals surface area contributed by atoms with Crippen molar-refractivity contribution in [1.29, 1.82) is 0 Å². The van der Waals surface area contributed by atoms with E-state index in [4.69, 9.17) is 9.47 Å². The number of piperazine rings is 1. The molecule has 0 radical (unpaired) electrons. The van der Waals surface area contributed by atoms with Crippen molar-refractivity contribution < 1.29 is 23.9 Å². The van der Waals surface area contributed by atoms with Gasteiger partial charge < -0.3 is 24.6 Å². The molecule has 0 aliphatic carbocycles. The van der Waals surface area contributed by atoms with Crippen LogP contribution in [0.4, 0.5) is 21.0 Å². The second-order valence-electron chi connectivity index (χ2n) is 7.06. The molecule has 0 bridgehead atoms. The Morgan fingerprint density at radius 2 is 1.82 bits per heavy atom. The number of rotatable bonds is 3. The number of ether oxygens (including phenoxy) is 2. The van der Waals surface area contributed by atoms with Crippen molar-refractivity contribution in [3.63, 3.8) is 0 Å². The molecule has 1 N–H and O–H groups in total. The average Bonchev–Trinajstić information content (AvgIpc) is 3.39. The van der Waals surface area contributed by atoms with Gasteiger partial charge in [-0.2, -0.15) is 0 Å². The van der Waals surface area contributed by atoms with E-state index in [-0.39, 0.29) is 24.1 Å². The third-order valence-corrected chi connectivity index (χ3v) is 5.25. The Morgan fingerprint density at radius 3 is 2.50 bits per heavy atom. The van der Waals surface area contributed by atoms with Gasteiger partial charge in [0.2, 0.25) is 0 Å². The lowest BCUT2D eigenvalue weighted by Crippen LogP contribution is -2.53. The van der Waals surface area contributed by atoms with E-state index in [9.17, 15) is 14.4 Å². The molecule has 4 amide bonds. The molecule has 3 saturated heterocycles. The number of carbonyl (C=O) groups is 3. The van der Waals surface area contributed by atoms with Gasteiger partial charge >= 0.3 is 12.1 Å². The number of urea groups is 1. The van der Waals surface area contributed by atoms with E-state index in [2.05, 4.69) is 5.32 Å². The van der Waals surface area contributed by atoms with E-state index in [1.807, 2.05) is 0 Å². The highest BCUT2D eigenvalue weighted by Gasteiger charge is 2.31. The third-order valence-electron chi connectivity index (χ3n) is 5.25. The van der Waals surface area contributed by atoms with Crippen LogP contribution in [-0.4, -0.2) is 79.9 Å². The number of cyclic esters (lactones) is 1. The summed E-state index contributed by atoms with van der Waals surface area (Å²) in [7, 11) is 0. The first-order valence-corrected chi connectivity index (χ1v) is 9.62.